The third-order valence-corrected chi connectivity index (χ3v) is 3.77. The van der Waals surface area contributed by atoms with Crippen molar-refractivity contribution in [3.05, 3.63) is 79.9 Å². The van der Waals surface area contributed by atoms with Crippen LogP contribution in [0.5, 0.6) is 0 Å². The van der Waals surface area contributed by atoms with Gasteiger partial charge in [0.05, 0.1) is 17.9 Å². The highest BCUT2D eigenvalue weighted by molar-refractivity contribution is 5.22. The second-order valence-electron chi connectivity index (χ2n) is 6.03. The summed E-state index contributed by atoms with van der Waals surface area (Å²) >= 11 is 0. The van der Waals surface area contributed by atoms with E-state index in [-0.39, 0.29) is 11.5 Å². The van der Waals surface area contributed by atoms with E-state index in [4.69, 9.17) is 0 Å². The number of aromatic nitrogens is 5. The van der Waals surface area contributed by atoms with E-state index in [1.807, 2.05) is 50.4 Å². The van der Waals surface area contributed by atoms with Gasteiger partial charge in [0.2, 0.25) is 0 Å². The highest BCUT2D eigenvalue weighted by atomic mass is 16.2. The molecule has 3 aromatic rings. The topological polar surface area (TPSA) is 96.4 Å². The zero-order valence-corrected chi connectivity index (χ0v) is 13.6. The molecule has 1 aromatic carbocycles. The van der Waals surface area contributed by atoms with E-state index in [0.29, 0.717) is 24.2 Å². The number of nitrogens with one attached hydrogen (secondary N) is 2. The van der Waals surface area contributed by atoms with Crippen LogP contribution in [0.4, 0.5) is 0 Å². The Morgan fingerprint density at radius 1 is 1.12 bits per heavy atom. The maximum absolute atomic E-state index is 12.0. The Labute approximate surface area is 138 Å². The number of hydrogen-bond acceptors (Lipinski definition) is 4. The number of aromatic amines is 2. The summed E-state index contributed by atoms with van der Waals surface area (Å²) in [7, 11) is 0. The van der Waals surface area contributed by atoms with Crippen molar-refractivity contribution in [1.29, 1.82) is 0 Å². The molecule has 2 N–H and O–H groups in total. The van der Waals surface area contributed by atoms with Crippen LogP contribution in [-0.4, -0.2) is 25.0 Å². The number of hydrogen-bond donors (Lipinski definition) is 2. The normalized spacial score (nSPS) is 11.1. The highest BCUT2D eigenvalue weighted by Gasteiger charge is 2.14. The summed E-state index contributed by atoms with van der Waals surface area (Å²) in [5.74, 6) is -0.00656. The van der Waals surface area contributed by atoms with Crippen molar-refractivity contribution in [3.63, 3.8) is 0 Å². The monoisotopic (exact) mass is 325 g/mol. The molecular weight excluding hydrogens is 306 g/mol. The molecule has 2 aromatic heterocycles. The number of benzene rings is 1. The number of rotatable bonds is 5. The largest absolute Gasteiger partial charge is 0.325 e. The van der Waals surface area contributed by atoms with Crippen LogP contribution in [0.1, 0.15) is 42.3 Å². The minimum atomic E-state index is -0.510. The van der Waals surface area contributed by atoms with Gasteiger partial charge in [-0.3, -0.25) is 9.78 Å². The van der Waals surface area contributed by atoms with E-state index in [9.17, 15) is 9.59 Å². The first-order valence-electron chi connectivity index (χ1n) is 7.81. The second kappa shape index (κ2) is 6.66. The van der Waals surface area contributed by atoms with Gasteiger partial charge < -0.3 is 4.98 Å². The van der Waals surface area contributed by atoms with Gasteiger partial charge in [-0.05, 0) is 11.5 Å². The van der Waals surface area contributed by atoms with Gasteiger partial charge in [0.25, 0.3) is 5.56 Å². The van der Waals surface area contributed by atoms with E-state index < -0.39 is 5.69 Å². The second-order valence-corrected chi connectivity index (χ2v) is 6.03. The van der Waals surface area contributed by atoms with Crippen LogP contribution >= 0.6 is 0 Å². The minimum Gasteiger partial charge on any atom is -0.309 e. The predicted molar refractivity (Wildman–Crippen MR) is 90.1 cm³/mol. The van der Waals surface area contributed by atoms with Crippen molar-refractivity contribution in [3.8, 4) is 0 Å². The molecule has 2 heterocycles. The van der Waals surface area contributed by atoms with E-state index in [1.54, 1.807) is 4.68 Å². The fourth-order valence-corrected chi connectivity index (χ4v) is 2.74. The Hall–Kier alpha value is -2.96. The Bertz CT molecular complexity index is 937. The summed E-state index contributed by atoms with van der Waals surface area (Å²) in [5, 5.41) is 8.26. The van der Waals surface area contributed by atoms with Crippen LogP contribution in [0.25, 0.3) is 0 Å². The van der Waals surface area contributed by atoms with Crippen molar-refractivity contribution in [2.24, 2.45) is 0 Å². The molecule has 0 atom stereocenters. The molecular formula is C17H19N5O2. The van der Waals surface area contributed by atoms with Gasteiger partial charge in [0, 0.05) is 18.2 Å². The molecule has 124 valence electrons. The molecule has 0 saturated carbocycles. The lowest BCUT2D eigenvalue weighted by molar-refractivity contribution is 0.621. The molecule has 0 aliphatic carbocycles. The van der Waals surface area contributed by atoms with Crippen LogP contribution in [0.15, 0.2) is 46.1 Å². The fraction of sp³-hybridized carbons (Fsp3) is 0.294. The molecule has 0 fully saturated rings. The summed E-state index contributed by atoms with van der Waals surface area (Å²) < 4.78 is 1.63. The van der Waals surface area contributed by atoms with E-state index in [2.05, 4.69) is 20.3 Å². The van der Waals surface area contributed by atoms with Crippen LogP contribution in [-0.2, 0) is 13.0 Å². The molecule has 0 saturated heterocycles. The average molecular weight is 325 g/mol. The third-order valence-electron chi connectivity index (χ3n) is 3.77. The Morgan fingerprint density at radius 2 is 1.88 bits per heavy atom. The zero-order valence-electron chi connectivity index (χ0n) is 13.6. The predicted octanol–water partition coefficient (Wildman–Crippen LogP) is 1.42. The average Bonchev–Trinajstić information content (AvgIpc) is 2.94. The van der Waals surface area contributed by atoms with E-state index >= 15 is 0 Å². The van der Waals surface area contributed by atoms with Crippen LogP contribution in [0.3, 0.4) is 0 Å². The van der Waals surface area contributed by atoms with Crippen LogP contribution in [0.2, 0.25) is 0 Å². The molecule has 24 heavy (non-hydrogen) atoms. The van der Waals surface area contributed by atoms with E-state index in [1.165, 1.54) is 0 Å². The first-order chi connectivity index (χ1) is 11.5. The number of H-pyrrole nitrogens is 2. The Morgan fingerprint density at radius 3 is 2.58 bits per heavy atom. The van der Waals surface area contributed by atoms with Gasteiger partial charge >= 0.3 is 5.69 Å². The van der Waals surface area contributed by atoms with Crippen LogP contribution in [0, 0.1) is 0 Å². The van der Waals surface area contributed by atoms with Crippen molar-refractivity contribution < 1.29 is 0 Å². The summed E-state index contributed by atoms with van der Waals surface area (Å²) in [6.07, 6.45) is 2.51. The van der Waals surface area contributed by atoms with Crippen molar-refractivity contribution in [2.75, 3.05) is 0 Å². The molecule has 3 rings (SSSR count). The Kier molecular flexibility index (Phi) is 4.41. The summed E-state index contributed by atoms with van der Waals surface area (Å²) in [4.78, 5) is 28.6. The van der Waals surface area contributed by atoms with Crippen molar-refractivity contribution >= 4 is 0 Å². The highest BCUT2D eigenvalue weighted by Crippen LogP contribution is 2.13. The lowest BCUT2D eigenvalue weighted by atomic mass is 10.0. The summed E-state index contributed by atoms with van der Waals surface area (Å²) in [6.45, 7) is 4.12. The maximum Gasteiger partial charge on any atom is 0.325 e. The van der Waals surface area contributed by atoms with E-state index in [0.717, 1.165) is 11.3 Å². The smallest absolute Gasteiger partial charge is 0.309 e. The maximum atomic E-state index is 12.0. The fourth-order valence-electron chi connectivity index (χ4n) is 2.74. The van der Waals surface area contributed by atoms with Crippen molar-refractivity contribution in [1.82, 2.24) is 25.0 Å². The molecule has 0 radical (unpaired) electrons. The molecule has 0 aliphatic heterocycles. The molecule has 0 spiro atoms. The van der Waals surface area contributed by atoms with Gasteiger partial charge in [-0.25, -0.2) is 9.48 Å². The first kappa shape index (κ1) is 15.9. The van der Waals surface area contributed by atoms with Gasteiger partial charge in [-0.2, -0.15) is 0 Å². The standard InChI is InChI=1S/C17H19N5O2/c1-11(2)15-14(18-17(24)19-16(15)23)10-22-9-13(20-21-22)8-12-6-4-3-5-7-12/h3-7,9,11H,8,10H2,1-2H3,(H2,18,19,23,24). The molecule has 0 amide bonds. The summed E-state index contributed by atoms with van der Waals surface area (Å²) in [6, 6.07) is 10.00. The minimum absolute atomic E-state index is 0.00656. The zero-order chi connectivity index (χ0) is 17.1. The third kappa shape index (κ3) is 3.51. The van der Waals surface area contributed by atoms with Crippen molar-refractivity contribution in [2.45, 2.75) is 32.7 Å². The van der Waals surface area contributed by atoms with Gasteiger partial charge in [-0.1, -0.05) is 49.4 Å². The first-order valence-corrected chi connectivity index (χ1v) is 7.81. The quantitative estimate of drug-likeness (QED) is 0.741. The number of nitrogens with zero attached hydrogens (tertiary/aromatic N) is 3. The van der Waals surface area contributed by atoms with Gasteiger partial charge in [0.15, 0.2) is 0 Å². The van der Waals surface area contributed by atoms with Crippen LogP contribution < -0.4 is 11.2 Å². The SMILES string of the molecule is CC(C)c1c(Cn2cc(Cc3ccccc3)nn2)[nH]c(=O)[nH]c1=O. The summed E-state index contributed by atoms with van der Waals surface area (Å²) in [5.41, 5.74) is 2.25. The Balaban J connectivity index is 1.85. The van der Waals surface area contributed by atoms with Gasteiger partial charge in [0.1, 0.15) is 0 Å². The molecule has 7 nitrogen and oxygen atoms in total. The van der Waals surface area contributed by atoms with Gasteiger partial charge in [-0.15, -0.1) is 5.10 Å². The molecule has 7 heteroatoms. The molecule has 0 aliphatic rings. The lowest BCUT2D eigenvalue weighted by Gasteiger charge is -2.10. The molecule has 0 unspecified atom stereocenters. The lowest BCUT2D eigenvalue weighted by Crippen LogP contribution is -2.29. The molecule has 0 bridgehead atoms.